The van der Waals surface area contributed by atoms with Crippen LogP contribution in [-0.4, -0.2) is 5.91 Å². The Morgan fingerprint density at radius 1 is 0.952 bits per heavy atom. The second-order valence-electron chi connectivity index (χ2n) is 5.43. The van der Waals surface area contributed by atoms with Gasteiger partial charge in [0.1, 0.15) is 0 Å². The van der Waals surface area contributed by atoms with Gasteiger partial charge in [0.25, 0.3) is 0 Å². The fourth-order valence-electron chi connectivity index (χ4n) is 2.94. The summed E-state index contributed by atoms with van der Waals surface area (Å²) in [5.41, 5.74) is 10.4. The summed E-state index contributed by atoms with van der Waals surface area (Å²) in [5, 5.41) is 0. The third-order valence-electron chi connectivity index (χ3n) is 4.09. The lowest BCUT2D eigenvalue weighted by molar-refractivity contribution is -0.118. The van der Waals surface area contributed by atoms with Crippen molar-refractivity contribution >= 4 is 11.6 Å². The van der Waals surface area contributed by atoms with Crippen molar-refractivity contribution in [3.8, 4) is 0 Å². The smallest absolute Gasteiger partial charge is 0.227 e. The van der Waals surface area contributed by atoms with E-state index < -0.39 is 0 Å². The summed E-state index contributed by atoms with van der Waals surface area (Å²) in [6.45, 7) is 1.10. The Kier molecular flexibility index (Phi) is 4.02. The van der Waals surface area contributed by atoms with E-state index in [1.807, 2.05) is 41.3 Å². The summed E-state index contributed by atoms with van der Waals surface area (Å²) in [6, 6.07) is 16.3. The van der Waals surface area contributed by atoms with E-state index >= 15 is 0 Å². The second-order valence-corrected chi connectivity index (χ2v) is 5.43. The number of fused-ring (bicyclic) bond motifs is 1. The minimum atomic E-state index is 0.201. The standard InChI is InChI=1S/C18H20N2O/c19-12-15-7-1-2-8-16(15)13-20-17-10-4-3-6-14(17)9-5-11-18(20)21/h1-4,6-8,10H,5,9,11-13,19H2. The number of hydrogen-bond acceptors (Lipinski definition) is 2. The van der Waals surface area contributed by atoms with Crippen LogP contribution in [0.25, 0.3) is 0 Å². The third kappa shape index (κ3) is 2.83. The number of para-hydroxylation sites is 1. The van der Waals surface area contributed by atoms with E-state index in [2.05, 4.69) is 12.1 Å². The molecule has 0 bridgehead atoms. The number of nitrogens with two attached hydrogens (primary N) is 1. The van der Waals surface area contributed by atoms with E-state index in [1.54, 1.807) is 0 Å². The lowest BCUT2D eigenvalue weighted by Gasteiger charge is -2.24. The van der Waals surface area contributed by atoms with Gasteiger partial charge in [-0.2, -0.15) is 0 Å². The van der Waals surface area contributed by atoms with Gasteiger partial charge >= 0.3 is 0 Å². The topological polar surface area (TPSA) is 46.3 Å². The number of nitrogens with zero attached hydrogens (tertiary/aromatic N) is 1. The molecule has 0 spiro atoms. The van der Waals surface area contributed by atoms with Crippen LogP contribution in [0.4, 0.5) is 5.69 Å². The fourth-order valence-corrected chi connectivity index (χ4v) is 2.94. The fraction of sp³-hybridized carbons (Fsp3) is 0.278. The zero-order valence-corrected chi connectivity index (χ0v) is 12.1. The minimum absolute atomic E-state index is 0.201. The summed E-state index contributed by atoms with van der Waals surface area (Å²) in [4.78, 5) is 14.4. The number of hydrogen-bond donors (Lipinski definition) is 1. The minimum Gasteiger partial charge on any atom is -0.326 e. The Balaban J connectivity index is 1.98. The molecule has 2 aromatic rings. The molecule has 1 aliphatic rings. The zero-order chi connectivity index (χ0) is 14.7. The number of benzene rings is 2. The molecule has 0 radical (unpaired) electrons. The number of amides is 1. The van der Waals surface area contributed by atoms with Crippen LogP contribution < -0.4 is 10.6 Å². The molecule has 2 N–H and O–H groups in total. The molecule has 0 unspecified atom stereocenters. The average molecular weight is 280 g/mol. The van der Waals surface area contributed by atoms with Crippen molar-refractivity contribution in [3.05, 3.63) is 65.2 Å². The highest BCUT2D eigenvalue weighted by molar-refractivity contribution is 5.94. The van der Waals surface area contributed by atoms with Crippen LogP contribution in [0.3, 0.4) is 0 Å². The van der Waals surface area contributed by atoms with Crippen molar-refractivity contribution in [3.63, 3.8) is 0 Å². The lowest BCUT2D eigenvalue weighted by Crippen LogP contribution is -2.30. The van der Waals surface area contributed by atoms with Gasteiger partial charge in [-0.25, -0.2) is 0 Å². The molecule has 0 aromatic heterocycles. The van der Waals surface area contributed by atoms with Gasteiger partial charge < -0.3 is 10.6 Å². The van der Waals surface area contributed by atoms with Gasteiger partial charge in [-0.3, -0.25) is 4.79 Å². The quantitative estimate of drug-likeness (QED) is 0.939. The third-order valence-corrected chi connectivity index (χ3v) is 4.09. The number of carbonyl (C=O) groups is 1. The maximum absolute atomic E-state index is 12.5. The van der Waals surface area contributed by atoms with E-state index in [0.717, 1.165) is 29.7 Å². The van der Waals surface area contributed by atoms with Crippen molar-refractivity contribution < 1.29 is 4.79 Å². The Hall–Kier alpha value is -2.13. The molecule has 3 heteroatoms. The number of rotatable bonds is 3. The molecule has 3 nitrogen and oxygen atoms in total. The Morgan fingerprint density at radius 3 is 2.48 bits per heavy atom. The molecule has 108 valence electrons. The first-order chi connectivity index (χ1) is 10.3. The Labute approximate surface area is 125 Å². The zero-order valence-electron chi connectivity index (χ0n) is 12.1. The molecule has 1 amide bonds. The molecule has 21 heavy (non-hydrogen) atoms. The van der Waals surface area contributed by atoms with E-state index in [1.165, 1.54) is 5.56 Å². The summed E-state index contributed by atoms with van der Waals surface area (Å²) in [6.07, 6.45) is 2.50. The molecular formula is C18H20N2O. The number of anilines is 1. The van der Waals surface area contributed by atoms with Crippen molar-refractivity contribution in [2.75, 3.05) is 4.90 Å². The SMILES string of the molecule is NCc1ccccc1CN1C(=O)CCCc2ccccc21. The van der Waals surface area contributed by atoms with Crippen LogP contribution in [0.5, 0.6) is 0 Å². The van der Waals surface area contributed by atoms with Gasteiger partial charge in [0.05, 0.1) is 6.54 Å². The first-order valence-corrected chi connectivity index (χ1v) is 7.44. The molecular weight excluding hydrogens is 260 g/mol. The van der Waals surface area contributed by atoms with E-state index in [4.69, 9.17) is 5.73 Å². The van der Waals surface area contributed by atoms with Gasteiger partial charge in [-0.15, -0.1) is 0 Å². The second kappa shape index (κ2) is 6.10. The molecule has 2 aromatic carbocycles. The van der Waals surface area contributed by atoms with Gasteiger partial charge in [-0.1, -0.05) is 42.5 Å². The average Bonchev–Trinajstić information content (AvgIpc) is 2.68. The summed E-state index contributed by atoms with van der Waals surface area (Å²) in [5.74, 6) is 0.201. The lowest BCUT2D eigenvalue weighted by atomic mass is 10.1. The Bertz CT molecular complexity index is 651. The summed E-state index contributed by atoms with van der Waals surface area (Å²) in [7, 11) is 0. The maximum atomic E-state index is 12.5. The Morgan fingerprint density at radius 2 is 1.67 bits per heavy atom. The first-order valence-electron chi connectivity index (χ1n) is 7.44. The molecule has 0 fully saturated rings. The monoisotopic (exact) mass is 280 g/mol. The van der Waals surface area contributed by atoms with Gasteiger partial charge in [0.15, 0.2) is 0 Å². The first kappa shape index (κ1) is 13.8. The molecule has 0 aliphatic carbocycles. The van der Waals surface area contributed by atoms with Gasteiger partial charge in [0.2, 0.25) is 5.91 Å². The number of aryl methyl sites for hydroxylation is 1. The van der Waals surface area contributed by atoms with Crippen LogP contribution in [0, 0.1) is 0 Å². The molecule has 0 atom stereocenters. The van der Waals surface area contributed by atoms with E-state index in [0.29, 0.717) is 19.5 Å². The largest absolute Gasteiger partial charge is 0.326 e. The van der Waals surface area contributed by atoms with Crippen molar-refractivity contribution in [1.29, 1.82) is 0 Å². The molecule has 0 saturated heterocycles. The summed E-state index contributed by atoms with van der Waals surface area (Å²) < 4.78 is 0. The highest BCUT2D eigenvalue weighted by Crippen LogP contribution is 2.28. The predicted molar refractivity (Wildman–Crippen MR) is 84.9 cm³/mol. The van der Waals surface area contributed by atoms with Crippen LogP contribution in [0.1, 0.15) is 29.5 Å². The summed E-state index contributed by atoms with van der Waals surface area (Å²) >= 11 is 0. The normalized spacial score (nSPS) is 14.7. The highest BCUT2D eigenvalue weighted by Gasteiger charge is 2.22. The molecule has 3 rings (SSSR count). The van der Waals surface area contributed by atoms with Crippen LogP contribution in [0.2, 0.25) is 0 Å². The van der Waals surface area contributed by atoms with Crippen LogP contribution >= 0.6 is 0 Å². The molecule has 0 saturated carbocycles. The van der Waals surface area contributed by atoms with Crippen molar-refractivity contribution in [2.24, 2.45) is 5.73 Å². The molecule has 1 heterocycles. The number of carbonyl (C=O) groups excluding carboxylic acids is 1. The van der Waals surface area contributed by atoms with Crippen molar-refractivity contribution in [1.82, 2.24) is 0 Å². The van der Waals surface area contributed by atoms with E-state index in [-0.39, 0.29) is 5.91 Å². The van der Waals surface area contributed by atoms with Crippen LogP contribution in [-0.2, 0) is 24.3 Å². The van der Waals surface area contributed by atoms with Crippen molar-refractivity contribution in [2.45, 2.75) is 32.4 Å². The predicted octanol–water partition coefficient (Wildman–Crippen LogP) is 3.01. The van der Waals surface area contributed by atoms with E-state index in [9.17, 15) is 4.79 Å². The highest BCUT2D eigenvalue weighted by atomic mass is 16.2. The molecule has 1 aliphatic heterocycles. The van der Waals surface area contributed by atoms with Gasteiger partial charge in [0, 0.05) is 18.7 Å². The van der Waals surface area contributed by atoms with Gasteiger partial charge in [-0.05, 0) is 35.6 Å². The maximum Gasteiger partial charge on any atom is 0.227 e. The van der Waals surface area contributed by atoms with Crippen LogP contribution in [0.15, 0.2) is 48.5 Å².